The van der Waals surface area contributed by atoms with E-state index in [2.05, 4.69) is 15.3 Å². The fourth-order valence-corrected chi connectivity index (χ4v) is 4.23. The third-order valence-corrected chi connectivity index (χ3v) is 5.85. The summed E-state index contributed by atoms with van der Waals surface area (Å²) in [5.41, 5.74) is 2.70. The first-order chi connectivity index (χ1) is 14.2. The quantitative estimate of drug-likeness (QED) is 0.834. The van der Waals surface area contributed by atoms with Gasteiger partial charge in [0.1, 0.15) is 17.8 Å². The van der Waals surface area contributed by atoms with Gasteiger partial charge in [-0.05, 0) is 42.5 Å². The molecule has 0 unspecified atom stereocenters. The summed E-state index contributed by atoms with van der Waals surface area (Å²) in [4.78, 5) is 23.5. The van der Waals surface area contributed by atoms with Crippen molar-refractivity contribution < 1.29 is 14.3 Å². The van der Waals surface area contributed by atoms with Crippen molar-refractivity contribution in [3.05, 3.63) is 41.3 Å². The van der Waals surface area contributed by atoms with Gasteiger partial charge < -0.3 is 19.7 Å². The van der Waals surface area contributed by atoms with Crippen molar-refractivity contribution in [2.24, 2.45) is 0 Å². The Kier molecular flexibility index (Phi) is 5.83. The molecule has 1 aromatic carbocycles. The first kappa shape index (κ1) is 19.5. The van der Waals surface area contributed by atoms with E-state index in [0.29, 0.717) is 30.6 Å². The number of aromatic nitrogens is 2. The number of benzene rings is 1. The van der Waals surface area contributed by atoms with Gasteiger partial charge in [-0.2, -0.15) is 0 Å². The van der Waals surface area contributed by atoms with Crippen molar-refractivity contribution in [1.29, 1.82) is 0 Å². The van der Waals surface area contributed by atoms with Crippen LogP contribution in [0.15, 0.2) is 24.5 Å². The first-order valence-electron chi connectivity index (χ1n) is 10.3. The molecule has 1 aliphatic carbocycles. The zero-order chi connectivity index (χ0) is 20.2. The van der Waals surface area contributed by atoms with Gasteiger partial charge in [-0.15, -0.1) is 0 Å². The Hall–Kier alpha value is -2.83. The SMILES string of the molecule is COc1cc2c(cc1OC)CN(C(=O)c1cc(NC3CCCCC3)ncn1)CC2. The van der Waals surface area contributed by atoms with Gasteiger partial charge in [0, 0.05) is 25.2 Å². The lowest BCUT2D eigenvalue weighted by molar-refractivity contribution is 0.0728. The number of hydrogen-bond donors (Lipinski definition) is 1. The third kappa shape index (κ3) is 4.28. The van der Waals surface area contributed by atoms with E-state index in [1.54, 1.807) is 20.3 Å². The Balaban J connectivity index is 1.48. The summed E-state index contributed by atoms with van der Waals surface area (Å²) in [6.45, 7) is 1.18. The Morgan fingerprint density at radius 2 is 1.76 bits per heavy atom. The van der Waals surface area contributed by atoms with E-state index in [-0.39, 0.29) is 5.91 Å². The molecule has 0 radical (unpaired) electrons. The lowest BCUT2D eigenvalue weighted by Crippen LogP contribution is -2.36. The van der Waals surface area contributed by atoms with Gasteiger partial charge in [-0.3, -0.25) is 4.79 Å². The molecule has 1 aromatic heterocycles. The number of hydrogen-bond acceptors (Lipinski definition) is 6. The fourth-order valence-electron chi connectivity index (χ4n) is 4.23. The number of ether oxygens (including phenoxy) is 2. The lowest BCUT2D eigenvalue weighted by atomic mass is 9.95. The summed E-state index contributed by atoms with van der Waals surface area (Å²) in [6, 6.07) is 6.18. The van der Waals surface area contributed by atoms with Gasteiger partial charge in [-0.1, -0.05) is 19.3 Å². The van der Waals surface area contributed by atoms with E-state index in [4.69, 9.17) is 9.47 Å². The molecule has 4 rings (SSSR count). The van der Waals surface area contributed by atoms with Crippen molar-refractivity contribution in [3.8, 4) is 11.5 Å². The van der Waals surface area contributed by atoms with E-state index >= 15 is 0 Å². The van der Waals surface area contributed by atoms with Gasteiger partial charge >= 0.3 is 0 Å². The Bertz CT molecular complexity index is 880. The van der Waals surface area contributed by atoms with Crippen LogP contribution < -0.4 is 14.8 Å². The van der Waals surface area contributed by atoms with Crippen molar-refractivity contribution in [3.63, 3.8) is 0 Å². The molecule has 2 aliphatic rings. The van der Waals surface area contributed by atoms with E-state index < -0.39 is 0 Å². The number of fused-ring (bicyclic) bond motifs is 1. The maximum Gasteiger partial charge on any atom is 0.272 e. The molecule has 0 saturated heterocycles. The van der Waals surface area contributed by atoms with E-state index in [0.717, 1.165) is 36.4 Å². The average molecular weight is 396 g/mol. The first-order valence-corrected chi connectivity index (χ1v) is 10.3. The van der Waals surface area contributed by atoms with Crippen molar-refractivity contribution in [2.75, 3.05) is 26.1 Å². The molecule has 7 nitrogen and oxygen atoms in total. The highest BCUT2D eigenvalue weighted by Gasteiger charge is 2.25. The topological polar surface area (TPSA) is 76.6 Å². The molecule has 0 atom stereocenters. The molecular formula is C22H28N4O3. The van der Waals surface area contributed by atoms with E-state index in [9.17, 15) is 4.79 Å². The Labute approximate surface area is 171 Å². The van der Waals surface area contributed by atoms with Crippen LogP contribution in [0.5, 0.6) is 11.5 Å². The Morgan fingerprint density at radius 3 is 2.48 bits per heavy atom. The molecular weight excluding hydrogens is 368 g/mol. The molecule has 154 valence electrons. The third-order valence-electron chi connectivity index (χ3n) is 5.85. The zero-order valence-electron chi connectivity index (χ0n) is 17.1. The van der Waals surface area contributed by atoms with Gasteiger partial charge in [0.25, 0.3) is 5.91 Å². The standard InChI is InChI=1S/C22H28N4O3/c1-28-19-10-15-8-9-26(13-16(15)11-20(19)29-2)22(27)18-12-21(24-14-23-18)25-17-6-4-3-5-7-17/h10-12,14,17H,3-9,13H2,1-2H3,(H,23,24,25). The zero-order valence-corrected chi connectivity index (χ0v) is 17.1. The second kappa shape index (κ2) is 8.68. The maximum absolute atomic E-state index is 13.1. The normalized spacial score (nSPS) is 16.8. The molecule has 0 bridgehead atoms. The second-order valence-electron chi connectivity index (χ2n) is 7.72. The maximum atomic E-state index is 13.1. The van der Waals surface area contributed by atoms with Crippen LogP contribution in [-0.2, 0) is 13.0 Å². The van der Waals surface area contributed by atoms with Crippen molar-refractivity contribution in [1.82, 2.24) is 14.9 Å². The van der Waals surface area contributed by atoms with Crippen LogP contribution in [-0.4, -0.2) is 47.6 Å². The molecule has 1 saturated carbocycles. The van der Waals surface area contributed by atoms with Crippen LogP contribution >= 0.6 is 0 Å². The number of nitrogens with zero attached hydrogens (tertiary/aromatic N) is 3. The minimum absolute atomic E-state index is 0.0699. The number of carbonyl (C=O) groups is 1. The summed E-state index contributed by atoms with van der Waals surface area (Å²) >= 11 is 0. The summed E-state index contributed by atoms with van der Waals surface area (Å²) in [7, 11) is 3.26. The van der Waals surface area contributed by atoms with Crippen LogP contribution in [0, 0.1) is 0 Å². The van der Waals surface area contributed by atoms with Gasteiger partial charge in [0.05, 0.1) is 14.2 Å². The van der Waals surface area contributed by atoms with Crippen LogP contribution in [0.25, 0.3) is 0 Å². The smallest absolute Gasteiger partial charge is 0.272 e. The summed E-state index contributed by atoms with van der Waals surface area (Å²) < 4.78 is 10.8. The van der Waals surface area contributed by atoms with Crippen molar-refractivity contribution in [2.45, 2.75) is 51.1 Å². The van der Waals surface area contributed by atoms with Crippen molar-refractivity contribution >= 4 is 11.7 Å². The number of anilines is 1. The number of carbonyl (C=O) groups excluding carboxylic acids is 1. The number of rotatable bonds is 5. The molecule has 1 amide bonds. The highest BCUT2D eigenvalue weighted by atomic mass is 16.5. The summed E-state index contributed by atoms with van der Waals surface area (Å²) in [5.74, 6) is 2.07. The molecule has 29 heavy (non-hydrogen) atoms. The summed E-state index contributed by atoms with van der Waals surface area (Å²) in [5, 5.41) is 3.47. The molecule has 1 fully saturated rings. The monoisotopic (exact) mass is 396 g/mol. The van der Waals surface area contributed by atoms with E-state index in [1.165, 1.54) is 31.2 Å². The summed E-state index contributed by atoms with van der Waals surface area (Å²) in [6.07, 6.45) is 8.36. The molecule has 0 spiro atoms. The molecule has 2 aromatic rings. The number of nitrogens with one attached hydrogen (secondary N) is 1. The lowest BCUT2D eigenvalue weighted by Gasteiger charge is -2.29. The number of amides is 1. The second-order valence-corrected chi connectivity index (χ2v) is 7.72. The molecule has 2 heterocycles. The largest absolute Gasteiger partial charge is 0.493 e. The molecule has 1 aliphatic heterocycles. The predicted octanol–water partition coefficient (Wildman–Crippen LogP) is 3.44. The van der Waals surface area contributed by atoms with Crippen LogP contribution in [0.3, 0.4) is 0 Å². The van der Waals surface area contributed by atoms with Gasteiger partial charge in [0.15, 0.2) is 11.5 Å². The van der Waals surface area contributed by atoms with Gasteiger partial charge in [0.2, 0.25) is 0 Å². The number of methoxy groups -OCH3 is 2. The fraction of sp³-hybridized carbons (Fsp3) is 0.500. The highest BCUT2D eigenvalue weighted by Crippen LogP contribution is 2.33. The van der Waals surface area contributed by atoms with Gasteiger partial charge in [-0.25, -0.2) is 9.97 Å². The molecule has 1 N–H and O–H groups in total. The van der Waals surface area contributed by atoms with E-state index in [1.807, 2.05) is 17.0 Å². The average Bonchev–Trinajstić information content (AvgIpc) is 2.78. The molecule has 7 heteroatoms. The Morgan fingerprint density at radius 1 is 1.03 bits per heavy atom. The minimum Gasteiger partial charge on any atom is -0.493 e. The highest BCUT2D eigenvalue weighted by molar-refractivity contribution is 5.93. The van der Waals surface area contributed by atoms with Crippen LogP contribution in [0.1, 0.15) is 53.7 Å². The predicted molar refractivity (Wildman–Crippen MR) is 111 cm³/mol. The van der Waals surface area contributed by atoms with Crippen LogP contribution in [0.4, 0.5) is 5.82 Å². The minimum atomic E-state index is -0.0699. The van der Waals surface area contributed by atoms with Crippen LogP contribution in [0.2, 0.25) is 0 Å².